The van der Waals surface area contributed by atoms with Crippen LogP contribution in [0.2, 0.25) is 0 Å². The molecule has 0 aromatic carbocycles. The third-order valence-electron chi connectivity index (χ3n) is 1.66. The lowest BCUT2D eigenvalue weighted by molar-refractivity contribution is 0.607. The second-order valence-electron chi connectivity index (χ2n) is 3.01. The normalized spacial score (nSPS) is 9.46. The van der Waals surface area contributed by atoms with E-state index in [2.05, 4.69) is 4.98 Å². The molecule has 0 unspecified atom stereocenters. The van der Waals surface area contributed by atoms with Gasteiger partial charge < -0.3 is 0 Å². The lowest BCUT2D eigenvalue weighted by Gasteiger charge is -2.04. The van der Waals surface area contributed by atoms with Gasteiger partial charge >= 0.3 is 0 Å². The molecule has 2 heteroatoms. The van der Waals surface area contributed by atoms with Crippen molar-refractivity contribution in [2.24, 2.45) is 0 Å². The second kappa shape index (κ2) is 5.68. The Morgan fingerprint density at radius 3 is 2.23 bits per heavy atom. The SMILES string of the molecule is CC.Cc1cc(C(C)C)ncc1F. The molecule has 0 saturated carbocycles. The van der Waals surface area contributed by atoms with Crippen LogP contribution >= 0.6 is 0 Å². The number of aryl methyl sites for hydroxylation is 1. The minimum atomic E-state index is -0.227. The molecule has 0 atom stereocenters. The Morgan fingerprint density at radius 1 is 1.31 bits per heavy atom. The summed E-state index contributed by atoms with van der Waals surface area (Å²) in [5.41, 5.74) is 1.62. The molecule has 0 spiro atoms. The molecule has 0 amide bonds. The zero-order valence-corrected chi connectivity index (χ0v) is 9.06. The molecule has 0 saturated heterocycles. The zero-order valence-electron chi connectivity index (χ0n) is 9.06. The third-order valence-corrected chi connectivity index (χ3v) is 1.66. The monoisotopic (exact) mass is 183 g/mol. The summed E-state index contributed by atoms with van der Waals surface area (Å²) in [7, 11) is 0. The lowest BCUT2D eigenvalue weighted by atomic mass is 10.1. The summed E-state index contributed by atoms with van der Waals surface area (Å²) in [4.78, 5) is 3.96. The third kappa shape index (κ3) is 3.53. The first-order chi connectivity index (χ1) is 6.11. The van der Waals surface area contributed by atoms with Crippen LogP contribution in [0.1, 0.15) is 44.9 Å². The molecule has 1 heterocycles. The Labute approximate surface area is 80.0 Å². The van der Waals surface area contributed by atoms with Gasteiger partial charge in [-0.15, -0.1) is 0 Å². The van der Waals surface area contributed by atoms with E-state index in [0.717, 1.165) is 5.69 Å². The molecular formula is C11H18FN. The number of rotatable bonds is 1. The lowest BCUT2D eigenvalue weighted by Crippen LogP contribution is -1.94. The molecule has 0 N–H and O–H groups in total. The van der Waals surface area contributed by atoms with Gasteiger partial charge in [0.1, 0.15) is 5.82 Å². The van der Waals surface area contributed by atoms with Crippen LogP contribution in [-0.2, 0) is 0 Å². The fourth-order valence-corrected chi connectivity index (χ4v) is 0.877. The first-order valence-corrected chi connectivity index (χ1v) is 4.73. The molecule has 0 aliphatic heterocycles. The molecule has 0 radical (unpaired) electrons. The predicted molar refractivity (Wildman–Crippen MR) is 54.4 cm³/mol. The van der Waals surface area contributed by atoms with Crippen molar-refractivity contribution in [1.29, 1.82) is 0 Å². The van der Waals surface area contributed by atoms with Crippen LogP contribution in [0, 0.1) is 12.7 Å². The van der Waals surface area contributed by atoms with Gasteiger partial charge in [-0.25, -0.2) is 4.39 Å². The van der Waals surface area contributed by atoms with Crippen molar-refractivity contribution >= 4 is 0 Å². The van der Waals surface area contributed by atoms with Gasteiger partial charge in [0.2, 0.25) is 0 Å². The van der Waals surface area contributed by atoms with Gasteiger partial charge in [-0.1, -0.05) is 27.7 Å². The van der Waals surface area contributed by atoms with Gasteiger partial charge in [0, 0.05) is 5.69 Å². The van der Waals surface area contributed by atoms with Gasteiger partial charge in [0.25, 0.3) is 0 Å². The van der Waals surface area contributed by atoms with Crippen molar-refractivity contribution in [1.82, 2.24) is 4.98 Å². The number of hydrogen-bond acceptors (Lipinski definition) is 1. The van der Waals surface area contributed by atoms with Crippen molar-refractivity contribution in [3.63, 3.8) is 0 Å². The highest BCUT2D eigenvalue weighted by atomic mass is 19.1. The fraction of sp³-hybridized carbons (Fsp3) is 0.545. The van der Waals surface area contributed by atoms with Gasteiger partial charge in [-0.05, 0) is 24.5 Å². The topological polar surface area (TPSA) is 12.9 Å². The summed E-state index contributed by atoms with van der Waals surface area (Å²) in [5, 5.41) is 0. The minimum Gasteiger partial charge on any atom is -0.258 e. The van der Waals surface area contributed by atoms with Gasteiger partial charge in [0.05, 0.1) is 6.20 Å². The molecule has 1 nitrogen and oxygen atoms in total. The Morgan fingerprint density at radius 2 is 1.85 bits per heavy atom. The van der Waals surface area contributed by atoms with Crippen LogP contribution in [0.25, 0.3) is 0 Å². The summed E-state index contributed by atoms with van der Waals surface area (Å²) in [6, 6.07) is 1.79. The van der Waals surface area contributed by atoms with E-state index >= 15 is 0 Å². The number of hydrogen-bond donors (Lipinski definition) is 0. The fourth-order valence-electron chi connectivity index (χ4n) is 0.877. The second-order valence-corrected chi connectivity index (χ2v) is 3.01. The summed E-state index contributed by atoms with van der Waals surface area (Å²) >= 11 is 0. The highest BCUT2D eigenvalue weighted by Gasteiger charge is 2.02. The average Bonchev–Trinajstić information content (AvgIpc) is 2.13. The van der Waals surface area contributed by atoms with Crippen molar-refractivity contribution < 1.29 is 4.39 Å². The quantitative estimate of drug-likeness (QED) is 0.647. The maximum Gasteiger partial charge on any atom is 0.144 e. The van der Waals surface area contributed by atoms with Crippen molar-refractivity contribution in [2.45, 2.75) is 40.5 Å². The number of pyridine rings is 1. The molecule has 13 heavy (non-hydrogen) atoms. The van der Waals surface area contributed by atoms with E-state index < -0.39 is 0 Å². The largest absolute Gasteiger partial charge is 0.258 e. The molecule has 0 fully saturated rings. The average molecular weight is 183 g/mol. The molecule has 74 valence electrons. The first kappa shape index (κ1) is 12.1. The first-order valence-electron chi connectivity index (χ1n) is 4.73. The molecule has 0 aliphatic rings. The molecule has 0 aliphatic carbocycles. The highest BCUT2D eigenvalue weighted by Crippen LogP contribution is 2.13. The number of halogens is 1. The van der Waals surface area contributed by atoms with E-state index in [1.165, 1.54) is 6.20 Å². The zero-order chi connectivity index (χ0) is 10.4. The van der Waals surface area contributed by atoms with Crippen LogP contribution in [0.4, 0.5) is 4.39 Å². The summed E-state index contributed by atoms with van der Waals surface area (Å²) in [6.45, 7) is 9.84. The van der Waals surface area contributed by atoms with E-state index in [4.69, 9.17) is 0 Å². The smallest absolute Gasteiger partial charge is 0.144 e. The Hall–Kier alpha value is -0.920. The standard InChI is InChI=1S/C9H12FN.C2H6/c1-6(2)9-4-7(3)8(10)5-11-9;1-2/h4-6H,1-3H3;1-2H3. The Balaban J connectivity index is 0.000000671. The van der Waals surface area contributed by atoms with Crippen molar-refractivity contribution in [3.8, 4) is 0 Å². The number of aromatic nitrogens is 1. The minimum absolute atomic E-state index is 0.227. The summed E-state index contributed by atoms with van der Waals surface area (Å²) in [6.07, 6.45) is 1.28. The van der Waals surface area contributed by atoms with Crippen LogP contribution in [-0.4, -0.2) is 4.98 Å². The number of nitrogens with zero attached hydrogens (tertiary/aromatic N) is 1. The molecule has 0 bridgehead atoms. The van der Waals surface area contributed by atoms with Crippen LogP contribution < -0.4 is 0 Å². The van der Waals surface area contributed by atoms with Crippen molar-refractivity contribution in [3.05, 3.63) is 29.3 Å². The van der Waals surface area contributed by atoms with Gasteiger partial charge in [-0.2, -0.15) is 0 Å². The van der Waals surface area contributed by atoms with E-state index in [1.807, 2.05) is 27.7 Å². The van der Waals surface area contributed by atoms with E-state index in [9.17, 15) is 4.39 Å². The molecule has 1 aromatic heterocycles. The summed E-state index contributed by atoms with van der Waals surface area (Å²) in [5.74, 6) is 0.142. The van der Waals surface area contributed by atoms with Gasteiger partial charge in [0.15, 0.2) is 0 Å². The van der Waals surface area contributed by atoms with E-state index in [0.29, 0.717) is 11.5 Å². The van der Waals surface area contributed by atoms with Crippen molar-refractivity contribution in [2.75, 3.05) is 0 Å². The van der Waals surface area contributed by atoms with Crippen LogP contribution in [0.3, 0.4) is 0 Å². The van der Waals surface area contributed by atoms with E-state index in [-0.39, 0.29) is 5.82 Å². The predicted octanol–water partition coefficient (Wildman–Crippen LogP) is 3.68. The van der Waals surface area contributed by atoms with Crippen LogP contribution in [0.5, 0.6) is 0 Å². The maximum absolute atomic E-state index is 12.7. The Bertz CT molecular complexity index is 256. The summed E-state index contributed by atoms with van der Waals surface area (Å²) < 4.78 is 12.7. The van der Waals surface area contributed by atoms with Gasteiger partial charge in [-0.3, -0.25) is 4.98 Å². The highest BCUT2D eigenvalue weighted by molar-refractivity contribution is 5.18. The molecule has 1 rings (SSSR count). The van der Waals surface area contributed by atoms with Crippen LogP contribution in [0.15, 0.2) is 12.3 Å². The maximum atomic E-state index is 12.7. The molecular weight excluding hydrogens is 165 g/mol. The molecule has 1 aromatic rings. The van der Waals surface area contributed by atoms with E-state index in [1.54, 1.807) is 13.0 Å². The Kier molecular flexibility index (Phi) is 5.28.